The molecule has 0 aliphatic carbocycles. The van der Waals surface area contributed by atoms with Crippen molar-refractivity contribution in [1.82, 2.24) is 0 Å². The summed E-state index contributed by atoms with van der Waals surface area (Å²) in [7, 11) is 3.10. The average Bonchev–Trinajstić information content (AvgIpc) is 2.83. The number of carbonyl (C=O) groups is 1. The van der Waals surface area contributed by atoms with Crippen LogP contribution in [0.3, 0.4) is 0 Å². The van der Waals surface area contributed by atoms with Crippen LogP contribution in [-0.2, 0) is 0 Å². The minimum absolute atomic E-state index is 0.126. The van der Waals surface area contributed by atoms with Crippen LogP contribution in [0.2, 0.25) is 0 Å². The fourth-order valence-electron chi connectivity index (χ4n) is 1.83. The van der Waals surface area contributed by atoms with E-state index in [1.807, 2.05) is 6.92 Å². The highest BCUT2D eigenvalue weighted by molar-refractivity contribution is 9.10. The number of carbonyl (C=O) groups excluding carboxylic acids is 1. The van der Waals surface area contributed by atoms with E-state index in [0.29, 0.717) is 27.3 Å². The molecule has 1 aromatic carbocycles. The monoisotopic (exact) mass is 324 g/mol. The molecule has 0 saturated carbocycles. The Morgan fingerprint density at radius 2 is 1.79 bits per heavy atom. The van der Waals surface area contributed by atoms with Crippen molar-refractivity contribution in [3.8, 4) is 11.5 Å². The molecule has 2 aromatic rings. The van der Waals surface area contributed by atoms with E-state index in [9.17, 15) is 4.79 Å². The van der Waals surface area contributed by atoms with Crippen LogP contribution >= 0.6 is 15.9 Å². The van der Waals surface area contributed by atoms with Gasteiger partial charge in [0, 0.05) is 5.56 Å². The summed E-state index contributed by atoms with van der Waals surface area (Å²) in [6.07, 6.45) is 1.47. The van der Waals surface area contributed by atoms with Crippen molar-refractivity contribution in [3.63, 3.8) is 0 Å². The Labute approximate surface area is 119 Å². The number of halogens is 1. The molecule has 100 valence electrons. The molecule has 0 spiro atoms. The standard InChI is InChI=1S/C14H13BrO4/c1-8-6-11(17-2)12(18-3)7-10(8)13(16)9-4-5-19-14(9)15/h4-7H,1-3H3. The number of benzene rings is 1. The Kier molecular flexibility index (Phi) is 3.95. The summed E-state index contributed by atoms with van der Waals surface area (Å²) in [4.78, 5) is 12.4. The largest absolute Gasteiger partial charge is 0.493 e. The Hall–Kier alpha value is -1.75. The predicted octanol–water partition coefficient (Wildman–Crippen LogP) is 3.60. The molecule has 0 aliphatic rings. The molecule has 1 aromatic heterocycles. The zero-order valence-corrected chi connectivity index (χ0v) is 12.4. The highest BCUT2D eigenvalue weighted by Gasteiger charge is 2.19. The van der Waals surface area contributed by atoms with Crippen LogP contribution in [-0.4, -0.2) is 20.0 Å². The quantitative estimate of drug-likeness (QED) is 0.806. The molecule has 0 unspecified atom stereocenters. The Morgan fingerprint density at radius 1 is 1.16 bits per heavy atom. The molecule has 0 saturated heterocycles. The zero-order chi connectivity index (χ0) is 14.0. The second-order valence-corrected chi connectivity index (χ2v) is 4.68. The maximum Gasteiger partial charge on any atom is 0.197 e. The number of hydrogen-bond acceptors (Lipinski definition) is 4. The molecule has 2 rings (SSSR count). The van der Waals surface area contributed by atoms with Crippen molar-refractivity contribution < 1.29 is 18.7 Å². The molecule has 0 fully saturated rings. The fraction of sp³-hybridized carbons (Fsp3) is 0.214. The molecule has 0 bridgehead atoms. The molecular formula is C14H13BrO4. The summed E-state index contributed by atoms with van der Waals surface area (Å²) in [5.74, 6) is 0.998. The topological polar surface area (TPSA) is 48.7 Å². The summed E-state index contributed by atoms with van der Waals surface area (Å²) < 4.78 is 15.9. The second-order valence-electron chi connectivity index (χ2n) is 3.96. The number of rotatable bonds is 4. The minimum atomic E-state index is -0.126. The van der Waals surface area contributed by atoms with Gasteiger partial charge in [-0.15, -0.1) is 0 Å². The van der Waals surface area contributed by atoms with E-state index in [0.717, 1.165) is 5.56 Å². The lowest BCUT2D eigenvalue weighted by Crippen LogP contribution is -2.04. The Morgan fingerprint density at radius 3 is 2.32 bits per heavy atom. The van der Waals surface area contributed by atoms with Crippen molar-refractivity contribution in [1.29, 1.82) is 0 Å². The molecule has 0 N–H and O–H groups in total. The Bertz CT molecular complexity index is 616. The van der Waals surface area contributed by atoms with Crippen LogP contribution in [0.15, 0.2) is 33.5 Å². The Balaban J connectivity index is 2.51. The highest BCUT2D eigenvalue weighted by atomic mass is 79.9. The number of hydrogen-bond donors (Lipinski definition) is 0. The van der Waals surface area contributed by atoms with Crippen molar-refractivity contribution in [2.75, 3.05) is 14.2 Å². The maximum absolute atomic E-state index is 12.4. The third-order valence-corrected chi connectivity index (χ3v) is 3.45. The lowest BCUT2D eigenvalue weighted by molar-refractivity contribution is 0.103. The molecule has 4 nitrogen and oxygen atoms in total. The van der Waals surface area contributed by atoms with Gasteiger partial charge < -0.3 is 13.9 Å². The maximum atomic E-state index is 12.4. The van der Waals surface area contributed by atoms with Gasteiger partial charge in [-0.25, -0.2) is 0 Å². The van der Waals surface area contributed by atoms with E-state index in [1.165, 1.54) is 13.4 Å². The summed E-state index contributed by atoms with van der Waals surface area (Å²) in [6.45, 7) is 1.85. The number of furan rings is 1. The fourth-order valence-corrected chi connectivity index (χ4v) is 2.25. The van der Waals surface area contributed by atoms with Gasteiger partial charge in [0.15, 0.2) is 22.0 Å². The summed E-state index contributed by atoms with van der Waals surface area (Å²) >= 11 is 3.21. The normalized spacial score (nSPS) is 10.3. The minimum Gasteiger partial charge on any atom is -0.493 e. The number of ether oxygens (including phenoxy) is 2. The first-order chi connectivity index (χ1) is 9.08. The van der Waals surface area contributed by atoms with Crippen LogP contribution in [0, 0.1) is 6.92 Å². The molecule has 0 amide bonds. The van der Waals surface area contributed by atoms with E-state index >= 15 is 0 Å². The van der Waals surface area contributed by atoms with E-state index in [2.05, 4.69) is 15.9 Å². The van der Waals surface area contributed by atoms with Crippen molar-refractivity contribution in [2.24, 2.45) is 0 Å². The smallest absolute Gasteiger partial charge is 0.197 e. The molecule has 19 heavy (non-hydrogen) atoms. The first-order valence-electron chi connectivity index (χ1n) is 5.58. The number of aryl methyl sites for hydroxylation is 1. The van der Waals surface area contributed by atoms with Crippen molar-refractivity contribution >= 4 is 21.7 Å². The van der Waals surface area contributed by atoms with E-state index in [4.69, 9.17) is 13.9 Å². The summed E-state index contributed by atoms with van der Waals surface area (Å²) in [5, 5.41) is 0. The van der Waals surface area contributed by atoms with Crippen LogP contribution in [0.25, 0.3) is 0 Å². The van der Waals surface area contributed by atoms with Crippen LogP contribution in [0.4, 0.5) is 0 Å². The van der Waals surface area contributed by atoms with Crippen LogP contribution < -0.4 is 9.47 Å². The van der Waals surface area contributed by atoms with Gasteiger partial charge in [0.25, 0.3) is 0 Å². The van der Waals surface area contributed by atoms with Gasteiger partial charge in [-0.05, 0) is 46.6 Å². The number of methoxy groups -OCH3 is 2. The van der Waals surface area contributed by atoms with E-state index in [-0.39, 0.29) is 5.78 Å². The van der Waals surface area contributed by atoms with Crippen molar-refractivity contribution in [3.05, 3.63) is 45.8 Å². The highest BCUT2D eigenvalue weighted by Crippen LogP contribution is 2.32. The molecule has 0 aliphatic heterocycles. The predicted molar refractivity (Wildman–Crippen MR) is 74.1 cm³/mol. The second kappa shape index (κ2) is 5.48. The molecule has 0 radical (unpaired) electrons. The van der Waals surface area contributed by atoms with Gasteiger partial charge in [-0.3, -0.25) is 4.79 Å². The summed E-state index contributed by atoms with van der Waals surface area (Å²) in [6, 6.07) is 5.08. The third-order valence-electron chi connectivity index (χ3n) is 2.84. The molecule has 1 heterocycles. The first kappa shape index (κ1) is 13.7. The SMILES string of the molecule is COc1cc(C)c(C(=O)c2ccoc2Br)cc1OC. The molecule has 5 heteroatoms. The van der Waals surface area contributed by atoms with Crippen LogP contribution in [0.5, 0.6) is 11.5 Å². The average molecular weight is 325 g/mol. The van der Waals surface area contributed by atoms with Gasteiger partial charge in [0.2, 0.25) is 0 Å². The van der Waals surface area contributed by atoms with Crippen molar-refractivity contribution in [2.45, 2.75) is 6.92 Å². The van der Waals surface area contributed by atoms with Gasteiger partial charge in [-0.2, -0.15) is 0 Å². The van der Waals surface area contributed by atoms with Gasteiger partial charge in [0.05, 0.1) is 26.0 Å². The van der Waals surface area contributed by atoms with Gasteiger partial charge in [-0.1, -0.05) is 0 Å². The van der Waals surface area contributed by atoms with Gasteiger partial charge >= 0.3 is 0 Å². The lowest BCUT2D eigenvalue weighted by Gasteiger charge is -2.11. The van der Waals surface area contributed by atoms with Crippen LogP contribution in [0.1, 0.15) is 21.5 Å². The first-order valence-corrected chi connectivity index (χ1v) is 6.38. The lowest BCUT2D eigenvalue weighted by atomic mass is 10.00. The molecular weight excluding hydrogens is 312 g/mol. The number of ketones is 1. The molecule has 0 atom stereocenters. The van der Waals surface area contributed by atoms with Gasteiger partial charge in [0.1, 0.15) is 0 Å². The third kappa shape index (κ3) is 2.51. The van der Waals surface area contributed by atoms with E-state index in [1.54, 1.807) is 25.3 Å². The summed E-state index contributed by atoms with van der Waals surface area (Å²) in [5.41, 5.74) is 1.85. The van der Waals surface area contributed by atoms with E-state index < -0.39 is 0 Å². The zero-order valence-electron chi connectivity index (χ0n) is 10.8.